The molecule has 1 rings (SSSR count). The van der Waals surface area contributed by atoms with Crippen molar-refractivity contribution in [1.82, 2.24) is 5.32 Å². The van der Waals surface area contributed by atoms with Crippen molar-refractivity contribution in [1.29, 1.82) is 0 Å². The summed E-state index contributed by atoms with van der Waals surface area (Å²) < 4.78 is 10.4. The van der Waals surface area contributed by atoms with Crippen LogP contribution in [-0.2, 0) is 22.4 Å². The molecule has 0 aliphatic carbocycles. The van der Waals surface area contributed by atoms with Gasteiger partial charge in [0.05, 0.1) is 25.4 Å². The highest BCUT2D eigenvalue weighted by Crippen LogP contribution is 2.16. The third kappa shape index (κ3) is 6.49. The largest absolute Gasteiger partial charge is 0.389 e. The lowest BCUT2D eigenvalue weighted by atomic mass is 10.2. The molecule has 2 atom stereocenters. The van der Waals surface area contributed by atoms with Crippen LogP contribution in [0.25, 0.3) is 0 Å². The van der Waals surface area contributed by atoms with Gasteiger partial charge in [0.15, 0.2) is 0 Å². The molecule has 0 saturated heterocycles. The summed E-state index contributed by atoms with van der Waals surface area (Å²) in [5.74, 6) is 0. The van der Waals surface area contributed by atoms with Gasteiger partial charge in [-0.1, -0.05) is 6.92 Å². The zero-order valence-corrected chi connectivity index (χ0v) is 12.8. The molecule has 0 aliphatic heterocycles. The number of nitrogens with one attached hydrogen (secondary N) is 1. The molecule has 0 aromatic carbocycles. The lowest BCUT2D eigenvalue weighted by Gasteiger charge is -2.16. The SMILES string of the molecule is CCc1ccsc1CNCC(O)COC(C)COC. The van der Waals surface area contributed by atoms with Crippen molar-refractivity contribution in [3.63, 3.8) is 0 Å². The first-order valence-corrected chi connectivity index (χ1v) is 7.59. The summed E-state index contributed by atoms with van der Waals surface area (Å²) in [4.78, 5) is 1.35. The van der Waals surface area contributed by atoms with E-state index in [9.17, 15) is 5.11 Å². The van der Waals surface area contributed by atoms with Crippen LogP contribution >= 0.6 is 11.3 Å². The number of aliphatic hydroxyl groups is 1. The second-order valence-corrected chi connectivity index (χ2v) is 5.61. The number of hydrogen-bond donors (Lipinski definition) is 2. The highest BCUT2D eigenvalue weighted by atomic mass is 32.1. The predicted molar refractivity (Wildman–Crippen MR) is 78.7 cm³/mol. The smallest absolute Gasteiger partial charge is 0.0897 e. The fourth-order valence-electron chi connectivity index (χ4n) is 1.81. The number of methoxy groups -OCH3 is 1. The normalized spacial score (nSPS) is 14.5. The average Bonchev–Trinajstić information content (AvgIpc) is 2.84. The molecule has 1 aromatic heterocycles. The van der Waals surface area contributed by atoms with E-state index in [2.05, 4.69) is 23.7 Å². The molecule has 4 nitrogen and oxygen atoms in total. The molecular formula is C14H25NO3S. The Labute approximate surface area is 119 Å². The third-order valence-electron chi connectivity index (χ3n) is 2.86. The first-order valence-electron chi connectivity index (χ1n) is 6.71. The monoisotopic (exact) mass is 287 g/mol. The van der Waals surface area contributed by atoms with E-state index in [0.29, 0.717) is 19.8 Å². The minimum absolute atomic E-state index is 0.0173. The molecular weight excluding hydrogens is 262 g/mol. The summed E-state index contributed by atoms with van der Waals surface area (Å²) in [7, 11) is 1.64. The maximum absolute atomic E-state index is 9.80. The minimum Gasteiger partial charge on any atom is -0.389 e. The third-order valence-corrected chi connectivity index (χ3v) is 3.82. The topological polar surface area (TPSA) is 50.7 Å². The second kappa shape index (κ2) is 9.44. The Bertz CT molecular complexity index is 343. The van der Waals surface area contributed by atoms with Crippen LogP contribution in [0.4, 0.5) is 0 Å². The molecule has 19 heavy (non-hydrogen) atoms. The van der Waals surface area contributed by atoms with Gasteiger partial charge in [0, 0.05) is 25.1 Å². The molecule has 0 radical (unpaired) electrons. The summed E-state index contributed by atoms with van der Waals surface area (Å²) in [6.45, 7) is 6.33. The quantitative estimate of drug-likeness (QED) is 0.689. The van der Waals surface area contributed by atoms with E-state index in [1.54, 1.807) is 18.4 Å². The number of ether oxygens (including phenoxy) is 2. The van der Waals surface area contributed by atoms with E-state index in [1.165, 1.54) is 10.4 Å². The Hall–Kier alpha value is -0.460. The van der Waals surface area contributed by atoms with E-state index < -0.39 is 6.10 Å². The summed E-state index contributed by atoms with van der Waals surface area (Å²) in [6, 6.07) is 2.16. The number of aryl methyl sites for hydroxylation is 1. The molecule has 0 aliphatic rings. The van der Waals surface area contributed by atoms with Gasteiger partial charge in [0.2, 0.25) is 0 Å². The van der Waals surface area contributed by atoms with Crippen LogP contribution in [-0.4, -0.2) is 44.2 Å². The molecule has 0 bridgehead atoms. The lowest BCUT2D eigenvalue weighted by molar-refractivity contribution is -0.0311. The fourth-order valence-corrected chi connectivity index (χ4v) is 2.75. The summed E-state index contributed by atoms with van der Waals surface area (Å²) in [5, 5.41) is 15.2. The fraction of sp³-hybridized carbons (Fsp3) is 0.714. The van der Waals surface area contributed by atoms with Crippen molar-refractivity contribution in [3.8, 4) is 0 Å². The van der Waals surface area contributed by atoms with Crippen molar-refractivity contribution in [2.45, 2.75) is 39.0 Å². The van der Waals surface area contributed by atoms with Crippen LogP contribution in [0.5, 0.6) is 0 Å². The molecule has 0 fully saturated rings. The highest BCUT2D eigenvalue weighted by Gasteiger charge is 2.08. The van der Waals surface area contributed by atoms with E-state index >= 15 is 0 Å². The zero-order valence-electron chi connectivity index (χ0n) is 12.0. The molecule has 0 saturated carbocycles. The molecule has 2 N–H and O–H groups in total. The van der Waals surface area contributed by atoms with Gasteiger partial charge in [0.25, 0.3) is 0 Å². The molecule has 5 heteroatoms. The molecule has 1 heterocycles. The van der Waals surface area contributed by atoms with Gasteiger partial charge in [-0.25, -0.2) is 0 Å². The van der Waals surface area contributed by atoms with Crippen LogP contribution in [0.3, 0.4) is 0 Å². The second-order valence-electron chi connectivity index (χ2n) is 4.61. The van der Waals surface area contributed by atoms with E-state index in [1.807, 2.05) is 6.92 Å². The Morgan fingerprint density at radius 2 is 2.21 bits per heavy atom. The Balaban J connectivity index is 2.15. The first kappa shape index (κ1) is 16.6. The van der Waals surface area contributed by atoms with Crippen molar-refractivity contribution >= 4 is 11.3 Å². The van der Waals surface area contributed by atoms with Crippen molar-refractivity contribution in [3.05, 3.63) is 21.9 Å². The summed E-state index contributed by atoms with van der Waals surface area (Å²) in [5.41, 5.74) is 1.39. The maximum Gasteiger partial charge on any atom is 0.0897 e. The lowest BCUT2D eigenvalue weighted by Crippen LogP contribution is -2.32. The Morgan fingerprint density at radius 3 is 2.89 bits per heavy atom. The van der Waals surface area contributed by atoms with Crippen molar-refractivity contribution in [2.24, 2.45) is 0 Å². The predicted octanol–water partition coefficient (Wildman–Crippen LogP) is 1.81. The Morgan fingerprint density at radius 1 is 1.42 bits per heavy atom. The average molecular weight is 287 g/mol. The number of thiophene rings is 1. The standard InChI is InChI=1S/C14H25NO3S/c1-4-12-5-6-19-14(12)8-15-7-13(16)10-18-11(2)9-17-3/h5-6,11,13,15-16H,4,7-10H2,1-3H3. The molecule has 1 aromatic rings. The summed E-state index contributed by atoms with van der Waals surface area (Å²) in [6.07, 6.45) is 0.591. The van der Waals surface area contributed by atoms with Gasteiger partial charge in [-0.2, -0.15) is 0 Å². The Kier molecular flexibility index (Phi) is 8.25. The van der Waals surface area contributed by atoms with Gasteiger partial charge in [-0.05, 0) is 30.4 Å². The number of hydrogen-bond acceptors (Lipinski definition) is 5. The van der Waals surface area contributed by atoms with Gasteiger partial charge in [-0.15, -0.1) is 11.3 Å². The highest BCUT2D eigenvalue weighted by molar-refractivity contribution is 7.10. The van der Waals surface area contributed by atoms with Crippen LogP contribution in [0.1, 0.15) is 24.3 Å². The van der Waals surface area contributed by atoms with Crippen LogP contribution < -0.4 is 5.32 Å². The van der Waals surface area contributed by atoms with Crippen LogP contribution in [0, 0.1) is 0 Å². The number of rotatable bonds is 10. The molecule has 110 valence electrons. The van der Waals surface area contributed by atoms with E-state index in [-0.39, 0.29) is 6.10 Å². The number of aliphatic hydroxyl groups excluding tert-OH is 1. The van der Waals surface area contributed by atoms with Crippen LogP contribution in [0.2, 0.25) is 0 Å². The van der Waals surface area contributed by atoms with Gasteiger partial charge < -0.3 is 19.9 Å². The zero-order chi connectivity index (χ0) is 14.1. The van der Waals surface area contributed by atoms with Crippen molar-refractivity contribution < 1.29 is 14.6 Å². The van der Waals surface area contributed by atoms with Crippen LogP contribution in [0.15, 0.2) is 11.4 Å². The maximum atomic E-state index is 9.80. The van der Waals surface area contributed by atoms with E-state index in [4.69, 9.17) is 9.47 Å². The molecule has 0 amide bonds. The molecule has 0 spiro atoms. The first-order chi connectivity index (χ1) is 9.17. The summed E-state index contributed by atoms with van der Waals surface area (Å²) >= 11 is 1.76. The van der Waals surface area contributed by atoms with Gasteiger partial charge in [-0.3, -0.25) is 0 Å². The van der Waals surface area contributed by atoms with E-state index in [0.717, 1.165) is 13.0 Å². The van der Waals surface area contributed by atoms with Gasteiger partial charge in [0.1, 0.15) is 0 Å². The van der Waals surface area contributed by atoms with Gasteiger partial charge >= 0.3 is 0 Å². The van der Waals surface area contributed by atoms with Crippen molar-refractivity contribution in [2.75, 3.05) is 26.9 Å². The minimum atomic E-state index is -0.482. The molecule has 2 unspecified atom stereocenters.